The number of nitrogens with zero attached hydrogens (tertiary/aromatic N) is 2. The molecule has 2 rings (SSSR count). The zero-order chi connectivity index (χ0) is 11.5. The van der Waals surface area contributed by atoms with Gasteiger partial charge >= 0.3 is 0 Å². The first-order chi connectivity index (χ1) is 7.74. The Kier molecular flexibility index (Phi) is 12.1. The lowest BCUT2D eigenvalue weighted by Crippen LogP contribution is -2.49. The fourth-order valence-electron chi connectivity index (χ4n) is 3.48. The molecule has 0 aromatic rings. The van der Waals surface area contributed by atoms with Crippen LogP contribution < -0.4 is 5.73 Å². The highest BCUT2D eigenvalue weighted by molar-refractivity contribution is 5.86. The van der Waals surface area contributed by atoms with Crippen LogP contribution in [0.4, 0.5) is 0 Å². The minimum atomic E-state index is 0. The van der Waals surface area contributed by atoms with E-state index in [1.165, 1.54) is 51.9 Å². The van der Waals surface area contributed by atoms with Crippen molar-refractivity contribution < 1.29 is 0 Å². The Bertz CT molecular complexity index is 213. The van der Waals surface area contributed by atoms with Gasteiger partial charge in [-0.05, 0) is 38.8 Å². The molecule has 2 saturated heterocycles. The fourth-order valence-corrected chi connectivity index (χ4v) is 3.48. The maximum Gasteiger partial charge on any atom is 0.0115 e. The van der Waals surface area contributed by atoms with Crippen LogP contribution >= 0.6 is 37.2 Å². The zero-order valence-electron chi connectivity index (χ0n) is 12.1. The third kappa shape index (κ3) is 5.56. The fraction of sp³-hybridized carbons (Fsp3) is 1.00. The van der Waals surface area contributed by atoms with Gasteiger partial charge in [-0.1, -0.05) is 13.8 Å². The van der Waals surface area contributed by atoms with E-state index in [4.69, 9.17) is 5.73 Å². The van der Waals surface area contributed by atoms with Crippen LogP contribution in [0, 0.1) is 0 Å². The van der Waals surface area contributed by atoms with Crippen molar-refractivity contribution in [3.8, 4) is 0 Å². The van der Waals surface area contributed by atoms with E-state index >= 15 is 0 Å². The highest BCUT2D eigenvalue weighted by atomic mass is 35.5. The first-order valence-electron chi connectivity index (χ1n) is 6.98. The summed E-state index contributed by atoms with van der Waals surface area (Å²) >= 11 is 0. The minimum absolute atomic E-state index is 0. The second-order valence-corrected chi connectivity index (χ2v) is 5.38. The number of likely N-dealkylation sites (N-methyl/N-ethyl adjacent to an activating group) is 1. The van der Waals surface area contributed by atoms with Gasteiger partial charge in [-0.2, -0.15) is 0 Å². The maximum atomic E-state index is 6.09. The third-order valence-electron chi connectivity index (χ3n) is 4.49. The summed E-state index contributed by atoms with van der Waals surface area (Å²) in [5, 5.41) is 0. The van der Waals surface area contributed by atoms with Gasteiger partial charge in [-0.3, -0.25) is 4.90 Å². The molecule has 0 saturated carbocycles. The lowest BCUT2D eigenvalue weighted by atomic mass is 9.98. The van der Waals surface area contributed by atoms with Crippen molar-refractivity contribution in [1.29, 1.82) is 0 Å². The Hall–Kier alpha value is 0.750. The molecule has 0 unspecified atom stereocenters. The summed E-state index contributed by atoms with van der Waals surface area (Å²) in [5.41, 5.74) is 6.09. The Morgan fingerprint density at radius 3 is 1.89 bits per heavy atom. The van der Waals surface area contributed by atoms with E-state index in [0.29, 0.717) is 6.04 Å². The molecule has 2 bridgehead atoms. The van der Waals surface area contributed by atoms with Gasteiger partial charge in [0.1, 0.15) is 0 Å². The molecule has 19 heavy (non-hydrogen) atoms. The Morgan fingerprint density at radius 2 is 1.47 bits per heavy atom. The van der Waals surface area contributed by atoms with Gasteiger partial charge < -0.3 is 10.6 Å². The Morgan fingerprint density at radius 1 is 1.00 bits per heavy atom. The molecule has 0 aromatic carbocycles. The lowest BCUT2D eigenvalue weighted by molar-refractivity contribution is 0.111. The quantitative estimate of drug-likeness (QED) is 0.838. The molecule has 2 heterocycles. The zero-order valence-corrected chi connectivity index (χ0v) is 14.5. The molecule has 2 aliphatic heterocycles. The number of nitrogens with two attached hydrogens (primary N) is 1. The smallest absolute Gasteiger partial charge is 0.0115 e. The van der Waals surface area contributed by atoms with Crippen LogP contribution in [-0.4, -0.2) is 54.1 Å². The van der Waals surface area contributed by atoms with E-state index in [1.807, 2.05) is 0 Å². The van der Waals surface area contributed by atoms with E-state index in [0.717, 1.165) is 12.1 Å². The van der Waals surface area contributed by atoms with Crippen LogP contribution in [0.25, 0.3) is 0 Å². The molecule has 118 valence electrons. The highest BCUT2D eigenvalue weighted by Gasteiger charge is 2.39. The molecule has 2 fully saturated rings. The predicted octanol–water partition coefficient (Wildman–Crippen LogP) is 2.55. The van der Waals surface area contributed by atoms with Crippen LogP contribution in [0.15, 0.2) is 0 Å². The molecular weight excluding hydrogens is 305 g/mol. The second-order valence-electron chi connectivity index (χ2n) is 5.38. The van der Waals surface area contributed by atoms with Crippen LogP contribution in [0.5, 0.6) is 0 Å². The average molecular weight is 335 g/mol. The average Bonchev–Trinajstić information content (AvgIpc) is 2.53. The summed E-state index contributed by atoms with van der Waals surface area (Å²) in [6.07, 6.45) is 5.23. The molecule has 3 nitrogen and oxygen atoms in total. The molecular formula is C13H30Cl3N3. The van der Waals surface area contributed by atoms with E-state index < -0.39 is 0 Å². The molecule has 3 atom stereocenters. The van der Waals surface area contributed by atoms with Crippen LogP contribution in [0.3, 0.4) is 0 Å². The van der Waals surface area contributed by atoms with Crippen molar-refractivity contribution in [2.75, 3.05) is 26.2 Å². The molecule has 6 heteroatoms. The molecule has 2 N–H and O–H groups in total. The monoisotopic (exact) mass is 333 g/mol. The number of hydrogen-bond acceptors (Lipinski definition) is 3. The number of hydrogen-bond donors (Lipinski definition) is 1. The second kappa shape index (κ2) is 10.5. The van der Waals surface area contributed by atoms with Crippen molar-refractivity contribution >= 4 is 37.2 Å². The van der Waals surface area contributed by atoms with Gasteiger partial charge in [0.05, 0.1) is 0 Å². The number of halogens is 3. The van der Waals surface area contributed by atoms with Crippen molar-refractivity contribution in [2.45, 2.75) is 57.7 Å². The van der Waals surface area contributed by atoms with E-state index in [2.05, 4.69) is 23.6 Å². The third-order valence-corrected chi connectivity index (χ3v) is 4.49. The van der Waals surface area contributed by atoms with Crippen LogP contribution in [0.1, 0.15) is 39.5 Å². The van der Waals surface area contributed by atoms with Crippen LogP contribution in [-0.2, 0) is 0 Å². The summed E-state index contributed by atoms with van der Waals surface area (Å²) in [5.74, 6) is 0. The van der Waals surface area contributed by atoms with Crippen LogP contribution in [0.2, 0.25) is 0 Å². The largest absolute Gasteiger partial charge is 0.328 e. The predicted molar refractivity (Wildman–Crippen MR) is 90.3 cm³/mol. The standard InChI is InChI=1S/C13H27N3.3ClH/c1-3-15(4-2)7-8-16-12-5-6-13(16)10-11(14)9-12;;;/h11-13H,3-10,14H2,1-2H3;3*1H/t11-,12+,13-;;;. The van der Waals surface area contributed by atoms with Gasteiger partial charge in [0.25, 0.3) is 0 Å². The highest BCUT2D eigenvalue weighted by Crippen LogP contribution is 2.34. The summed E-state index contributed by atoms with van der Waals surface area (Å²) in [6, 6.07) is 2.07. The maximum absolute atomic E-state index is 6.09. The summed E-state index contributed by atoms with van der Waals surface area (Å²) in [4.78, 5) is 5.26. The van der Waals surface area contributed by atoms with Gasteiger partial charge in [0, 0.05) is 31.2 Å². The number of fused-ring (bicyclic) bond motifs is 2. The van der Waals surface area contributed by atoms with Gasteiger partial charge in [-0.25, -0.2) is 0 Å². The minimum Gasteiger partial charge on any atom is -0.328 e. The van der Waals surface area contributed by atoms with Gasteiger partial charge in [0.15, 0.2) is 0 Å². The Labute approximate surface area is 136 Å². The first-order valence-corrected chi connectivity index (χ1v) is 6.98. The molecule has 0 spiro atoms. The van der Waals surface area contributed by atoms with Gasteiger partial charge in [0.2, 0.25) is 0 Å². The Balaban J connectivity index is 0. The molecule has 0 aromatic heterocycles. The van der Waals surface area contributed by atoms with Crippen molar-refractivity contribution in [2.24, 2.45) is 5.73 Å². The summed E-state index contributed by atoms with van der Waals surface area (Å²) in [7, 11) is 0. The van der Waals surface area contributed by atoms with Crippen molar-refractivity contribution in [3.05, 3.63) is 0 Å². The van der Waals surface area contributed by atoms with E-state index in [1.54, 1.807) is 0 Å². The molecule has 0 amide bonds. The topological polar surface area (TPSA) is 32.5 Å². The summed E-state index contributed by atoms with van der Waals surface area (Å²) in [6.45, 7) is 9.35. The number of piperidine rings is 1. The van der Waals surface area contributed by atoms with Gasteiger partial charge in [-0.15, -0.1) is 37.2 Å². The molecule has 2 aliphatic rings. The number of rotatable bonds is 5. The molecule has 0 radical (unpaired) electrons. The lowest BCUT2D eigenvalue weighted by Gasteiger charge is -2.38. The first kappa shape index (κ1) is 22.0. The SMILES string of the molecule is CCN(CC)CCN1[C@@H]2CC[C@H]1C[C@@H](N)C2.Cl.Cl.Cl. The van der Waals surface area contributed by atoms with Crippen molar-refractivity contribution in [1.82, 2.24) is 9.80 Å². The van der Waals surface area contributed by atoms with E-state index in [-0.39, 0.29) is 37.2 Å². The van der Waals surface area contributed by atoms with E-state index in [9.17, 15) is 0 Å². The summed E-state index contributed by atoms with van der Waals surface area (Å²) < 4.78 is 0. The molecule has 0 aliphatic carbocycles. The van der Waals surface area contributed by atoms with Crippen molar-refractivity contribution in [3.63, 3.8) is 0 Å². The normalized spacial score (nSPS) is 29.4.